The molecule has 4 atom stereocenters. The Morgan fingerprint density at radius 1 is 0.914 bits per heavy atom. The third-order valence-corrected chi connectivity index (χ3v) is 17.4. The lowest BCUT2D eigenvalue weighted by atomic mass is 10.1. The van der Waals surface area contributed by atoms with E-state index in [1.807, 2.05) is 70.1 Å². The lowest BCUT2D eigenvalue weighted by Crippen LogP contribution is -2.45. The number of nitrogens with zero attached hydrogens (tertiary/aromatic N) is 3. The maximum absolute atomic E-state index is 14.2. The molecule has 3 unspecified atom stereocenters. The Morgan fingerprint density at radius 2 is 1.56 bits per heavy atom. The fourth-order valence-electron chi connectivity index (χ4n) is 9.44. The highest BCUT2D eigenvalue weighted by atomic mass is 33.1. The van der Waals surface area contributed by atoms with E-state index in [4.69, 9.17) is 18.9 Å². The number of aldehydes is 1. The molecular formula is C55H65N5O8S2. The lowest BCUT2D eigenvalue weighted by Gasteiger charge is -2.26. The van der Waals surface area contributed by atoms with Gasteiger partial charge in [0.2, 0.25) is 5.91 Å². The van der Waals surface area contributed by atoms with Crippen molar-refractivity contribution >= 4 is 68.1 Å². The first-order valence-corrected chi connectivity index (χ1v) is 26.2. The molecular weight excluding hydrogens is 923 g/mol. The van der Waals surface area contributed by atoms with Gasteiger partial charge in [-0.2, -0.15) is 0 Å². The summed E-state index contributed by atoms with van der Waals surface area (Å²) in [5, 5.41) is 18.6. The second-order valence-corrected chi connectivity index (χ2v) is 22.3. The summed E-state index contributed by atoms with van der Waals surface area (Å²) >= 11 is 0. The number of aliphatic hydroxyl groups is 1. The van der Waals surface area contributed by atoms with Crippen molar-refractivity contribution in [3.63, 3.8) is 0 Å². The summed E-state index contributed by atoms with van der Waals surface area (Å²) in [5.74, 6) is 1.30. The number of carbonyl (C=O) groups excluding carboxylic acids is 3. The van der Waals surface area contributed by atoms with Crippen molar-refractivity contribution < 1.29 is 38.4 Å². The third kappa shape index (κ3) is 11.1. The maximum atomic E-state index is 14.2. The molecule has 13 nitrogen and oxygen atoms in total. The van der Waals surface area contributed by atoms with Gasteiger partial charge >= 0.3 is 0 Å². The van der Waals surface area contributed by atoms with E-state index in [-0.39, 0.29) is 35.8 Å². The number of para-hydroxylation sites is 2. The molecule has 3 aliphatic heterocycles. The van der Waals surface area contributed by atoms with E-state index < -0.39 is 12.3 Å². The van der Waals surface area contributed by atoms with Crippen molar-refractivity contribution in [3.05, 3.63) is 124 Å². The molecule has 0 saturated carbocycles. The van der Waals surface area contributed by atoms with Gasteiger partial charge in [-0.05, 0) is 104 Å². The largest absolute Gasteiger partial charge is 0.493 e. The highest BCUT2D eigenvalue weighted by Crippen LogP contribution is 2.44. The quantitative estimate of drug-likeness (QED) is 0.0475. The van der Waals surface area contributed by atoms with E-state index in [2.05, 4.69) is 68.5 Å². The molecule has 5 aromatic rings. The summed E-state index contributed by atoms with van der Waals surface area (Å²) in [6.45, 7) is 9.61. The van der Waals surface area contributed by atoms with Crippen LogP contribution in [0.2, 0.25) is 0 Å². The van der Waals surface area contributed by atoms with Gasteiger partial charge in [-0.3, -0.25) is 14.4 Å². The zero-order valence-corrected chi connectivity index (χ0v) is 43.0. The molecule has 3 heterocycles. The van der Waals surface area contributed by atoms with E-state index in [9.17, 15) is 19.5 Å². The standard InChI is InChI=1S/C55H65N5O8S2/c1-9-14-34(2)69-70-55(3,4)20-19-52(62)59(6)40-22-35(32-67-50-28-43(39(31-61)26-48(50)65-7)56-30-41-24-37-15-10-12-17-45(37)58(41)5)21-36(23-40)33-68-51-29-44-42(27-49(51)66-8)54(64)60-46-18-13-11-16-38(46)25-47(60)53(63)57-44/h10-13,15-18,21-23,26-29,31,34,41,47,53,56-57,63H,9,14,19-20,24-25,30,32-33H2,1-8H3/t34?,41?,47?,53-/m1/s1. The summed E-state index contributed by atoms with van der Waals surface area (Å²) in [4.78, 5) is 46.1. The zero-order chi connectivity index (χ0) is 49.7. The molecule has 0 spiro atoms. The fraction of sp³-hybridized carbons (Fsp3) is 0.400. The summed E-state index contributed by atoms with van der Waals surface area (Å²) in [7, 11) is 10.7. The second kappa shape index (κ2) is 21.9. The number of amides is 2. The molecule has 15 heteroatoms. The van der Waals surface area contributed by atoms with Crippen LogP contribution in [0.25, 0.3) is 0 Å². The van der Waals surface area contributed by atoms with Gasteiger partial charge in [0.05, 0.1) is 37.6 Å². The molecule has 0 bridgehead atoms. The van der Waals surface area contributed by atoms with Gasteiger partial charge in [0, 0.05) is 77.5 Å². The number of hydrogen-bond acceptors (Lipinski definition) is 13. The number of anilines is 5. The highest BCUT2D eigenvalue weighted by Gasteiger charge is 2.42. The second-order valence-electron chi connectivity index (χ2n) is 19.0. The molecule has 8 rings (SSSR count). The van der Waals surface area contributed by atoms with Crippen LogP contribution in [0.1, 0.15) is 96.3 Å². The number of methoxy groups -OCH3 is 2. The minimum absolute atomic E-state index is 0.0205. The van der Waals surface area contributed by atoms with Gasteiger partial charge in [-0.15, -0.1) is 0 Å². The number of likely N-dealkylation sites (N-methyl/N-ethyl adjacent to an activating group) is 1. The van der Waals surface area contributed by atoms with Gasteiger partial charge in [0.1, 0.15) is 19.4 Å². The van der Waals surface area contributed by atoms with Gasteiger partial charge in [0.15, 0.2) is 29.3 Å². The van der Waals surface area contributed by atoms with Crippen LogP contribution in [-0.2, 0) is 30.8 Å². The smallest absolute Gasteiger partial charge is 0.260 e. The Kier molecular flexibility index (Phi) is 15.8. The van der Waals surface area contributed by atoms with Crippen molar-refractivity contribution in [1.29, 1.82) is 0 Å². The van der Waals surface area contributed by atoms with Crippen LogP contribution in [0, 0.1) is 0 Å². The number of ether oxygens (including phenoxy) is 4. The summed E-state index contributed by atoms with van der Waals surface area (Å²) in [5.41, 5.74) is 8.31. The minimum atomic E-state index is -1.04. The summed E-state index contributed by atoms with van der Waals surface area (Å²) in [6.07, 6.45) is 4.53. The molecule has 0 aliphatic carbocycles. The van der Waals surface area contributed by atoms with Crippen LogP contribution < -0.4 is 44.3 Å². The Hall–Kier alpha value is -6.03. The number of rotatable bonds is 21. The predicted molar refractivity (Wildman–Crippen MR) is 284 cm³/mol. The number of fused-ring (bicyclic) bond motifs is 5. The average Bonchev–Trinajstić information content (AvgIpc) is 3.89. The molecule has 2 amide bonds. The molecule has 0 fully saturated rings. The third-order valence-electron chi connectivity index (χ3n) is 13.5. The molecule has 3 N–H and O–H groups in total. The molecule has 0 saturated heterocycles. The van der Waals surface area contributed by atoms with Crippen molar-refractivity contribution in [2.24, 2.45) is 0 Å². The molecule has 0 aromatic heterocycles. The first-order chi connectivity index (χ1) is 33.7. The number of nitrogens with one attached hydrogen (secondary N) is 2. The first-order valence-electron chi connectivity index (χ1n) is 24.0. The van der Waals surface area contributed by atoms with E-state index in [0.717, 1.165) is 47.9 Å². The van der Waals surface area contributed by atoms with E-state index in [0.29, 0.717) is 82.2 Å². The number of benzene rings is 5. The summed E-state index contributed by atoms with van der Waals surface area (Å²) < 4.78 is 24.5. The Bertz CT molecular complexity index is 2720. The summed E-state index contributed by atoms with van der Waals surface area (Å²) in [6, 6.07) is 28.4. The van der Waals surface area contributed by atoms with Crippen molar-refractivity contribution in [2.45, 2.75) is 108 Å². The minimum Gasteiger partial charge on any atom is -0.493 e. The number of hydrogen-bond donors (Lipinski definition) is 3. The average molecular weight is 988 g/mol. The van der Waals surface area contributed by atoms with Crippen molar-refractivity contribution in [2.75, 3.05) is 60.2 Å². The molecule has 370 valence electrons. The van der Waals surface area contributed by atoms with Gasteiger partial charge < -0.3 is 49.4 Å². The van der Waals surface area contributed by atoms with Gasteiger partial charge in [-0.25, -0.2) is 0 Å². The lowest BCUT2D eigenvalue weighted by molar-refractivity contribution is -0.118. The SMILES string of the molecule is CCCC(C)SSC(C)(C)CCC(=O)N(C)c1cc(COc2cc(NCC3Cc4ccccc4N3C)c(C=O)cc2OC)cc(COc2cc3c(cc2OC)C(=O)N2c4ccccc4CC2[C@@H](O)N3)c1. The van der Waals surface area contributed by atoms with E-state index in [1.54, 1.807) is 48.2 Å². The van der Waals surface area contributed by atoms with Crippen LogP contribution in [0.4, 0.5) is 28.4 Å². The number of aliphatic hydroxyl groups excluding tert-OH is 1. The van der Waals surface area contributed by atoms with E-state index in [1.165, 1.54) is 18.4 Å². The topological polar surface area (TPSA) is 142 Å². The van der Waals surface area contributed by atoms with Crippen LogP contribution >= 0.6 is 21.6 Å². The molecule has 0 radical (unpaired) electrons. The monoisotopic (exact) mass is 987 g/mol. The van der Waals surface area contributed by atoms with Gasteiger partial charge in [0.25, 0.3) is 5.91 Å². The Balaban J connectivity index is 1.04. The zero-order valence-electron chi connectivity index (χ0n) is 41.4. The normalized spacial score (nSPS) is 17.3. The number of carbonyl (C=O) groups is 3. The Morgan fingerprint density at radius 3 is 2.21 bits per heavy atom. The van der Waals surface area contributed by atoms with Crippen molar-refractivity contribution in [3.8, 4) is 23.0 Å². The Labute approximate surface area is 420 Å². The predicted octanol–water partition coefficient (Wildman–Crippen LogP) is 10.6. The van der Waals surface area contributed by atoms with Crippen LogP contribution in [0.15, 0.2) is 91.0 Å². The van der Waals surface area contributed by atoms with E-state index >= 15 is 0 Å². The first kappa shape index (κ1) is 50.4. The fourth-order valence-corrected chi connectivity index (χ4v) is 12.2. The highest BCUT2D eigenvalue weighted by molar-refractivity contribution is 8.77. The maximum Gasteiger partial charge on any atom is 0.260 e. The molecule has 3 aliphatic rings. The van der Waals surface area contributed by atoms with Gasteiger partial charge in [-0.1, -0.05) is 78.3 Å². The van der Waals surface area contributed by atoms with Crippen molar-refractivity contribution in [1.82, 2.24) is 0 Å². The van der Waals surface area contributed by atoms with Crippen LogP contribution in [0.3, 0.4) is 0 Å². The van der Waals surface area contributed by atoms with Crippen LogP contribution in [0.5, 0.6) is 23.0 Å². The van der Waals surface area contributed by atoms with Crippen LogP contribution in [-0.4, -0.2) is 86.4 Å². The molecule has 70 heavy (non-hydrogen) atoms. The molecule has 5 aromatic carbocycles.